The van der Waals surface area contributed by atoms with Crippen molar-refractivity contribution in [3.63, 3.8) is 0 Å². The van der Waals surface area contributed by atoms with Gasteiger partial charge in [-0.05, 0) is 44.4 Å². The molecule has 0 saturated carbocycles. The van der Waals surface area contributed by atoms with Gasteiger partial charge in [-0.2, -0.15) is 0 Å². The van der Waals surface area contributed by atoms with E-state index in [1.807, 2.05) is 6.07 Å². The second-order valence-electron chi connectivity index (χ2n) is 5.74. The molecular weight excluding hydrogens is 238 g/mol. The number of phenolic OH excluding ortho intramolecular Hbond substituents is 1. The Balaban J connectivity index is 1.86. The van der Waals surface area contributed by atoms with Crippen LogP contribution in [0.15, 0.2) is 18.2 Å². The second-order valence-corrected chi connectivity index (χ2v) is 5.74. The summed E-state index contributed by atoms with van der Waals surface area (Å²) in [6, 6.07) is 5.58. The van der Waals surface area contributed by atoms with E-state index in [4.69, 9.17) is 0 Å². The third-order valence-corrected chi connectivity index (χ3v) is 4.12. The highest BCUT2D eigenvalue weighted by atomic mass is 16.3. The lowest BCUT2D eigenvalue weighted by Gasteiger charge is -2.34. The second kappa shape index (κ2) is 4.85. The first kappa shape index (κ1) is 12.5. The van der Waals surface area contributed by atoms with Crippen LogP contribution in [0.25, 0.3) is 11.0 Å². The molecule has 0 radical (unpaired) electrons. The number of imidazole rings is 1. The van der Waals surface area contributed by atoms with Crippen LogP contribution in [-0.2, 0) is 0 Å². The average Bonchev–Trinajstić information content (AvgIpc) is 2.80. The highest BCUT2D eigenvalue weighted by Gasteiger charge is 2.23. The quantitative estimate of drug-likeness (QED) is 0.871. The number of aromatic amines is 1. The normalized spacial score (nSPS) is 22.7. The van der Waals surface area contributed by atoms with Crippen molar-refractivity contribution in [1.29, 1.82) is 0 Å². The van der Waals surface area contributed by atoms with Crippen LogP contribution in [0.1, 0.15) is 38.6 Å². The Morgan fingerprint density at radius 3 is 3.11 bits per heavy atom. The number of likely N-dealkylation sites (tertiary alicyclic amines) is 1. The van der Waals surface area contributed by atoms with Crippen molar-refractivity contribution in [2.24, 2.45) is 5.92 Å². The number of piperidine rings is 1. The monoisotopic (exact) mass is 259 g/mol. The molecular formula is C15H21N3O. The van der Waals surface area contributed by atoms with Crippen LogP contribution in [0, 0.1) is 5.92 Å². The fourth-order valence-electron chi connectivity index (χ4n) is 2.97. The first-order valence-corrected chi connectivity index (χ1v) is 7.06. The molecule has 1 aromatic heterocycles. The molecule has 4 nitrogen and oxygen atoms in total. The number of H-pyrrole nitrogens is 1. The summed E-state index contributed by atoms with van der Waals surface area (Å²) in [5.74, 6) is 2.04. The van der Waals surface area contributed by atoms with Gasteiger partial charge in [-0.15, -0.1) is 0 Å². The maximum Gasteiger partial charge on any atom is 0.124 e. The summed E-state index contributed by atoms with van der Waals surface area (Å²) in [6.07, 6.45) is 2.60. The number of fused-ring (bicyclic) bond motifs is 1. The molecule has 0 bridgehead atoms. The van der Waals surface area contributed by atoms with Gasteiger partial charge in [-0.3, -0.25) is 4.90 Å². The van der Waals surface area contributed by atoms with Gasteiger partial charge in [0.1, 0.15) is 11.6 Å². The van der Waals surface area contributed by atoms with Crippen LogP contribution in [0.4, 0.5) is 0 Å². The lowest BCUT2D eigenvalue weighted by molar-refractivity contribution is 0.135. The lowest BCUT2D eigenvalue weighted by Crippen LogP contribution is -2.36. The molecule has 2 N–H and O–H groups in total. The zero-order chi connectivity index (χ0) is 13.4. The standard InChI is InChI=1S/C15H21N3O/c1-10-4-3-7-18(9-10)11(2)15-16-13-6-5-12(19)8-14(13)17-15/h5-6,8,10-11,19H,3-4,7,9H2,1-2H3,(H,16,17). The third kappa shape index (κ3) is 2.45. The molecule has 19 heavy (non-hydrogen) atoms. The number of rotatable bonds is 2. The zero-order valence-electron chi connectivity index (χ0n) is 11.6. The maximum absolute atomic E-state index is 9.50. The molecule has 102 valence electrons. The van der Waals surface area contributed by atoms with Crippen LogP contribution < -0.4 is 0 Å². The highest BCUT2D eigenvalue weighted by Crippen LogP contribution is 2.27. The van der Waals surface area contributed by atoms with Gasteiger partial charge in [-0.1, -0.05) is 6.92 Å². The SMILES string of the molecule is CC1CCCN(C(C)c2nc3ccc(O)cc3[nH]2)C1. The lowest BCUT2D eigenvalue weighted by atomic mass is 9.99. The summed E-state index contributed by atoms with van der Waals surface area (Å²) < 4.78 is 0. The molecule has 0 amide bonds. The van der Waals surface area contributed by atoms with Crippen molar-refractivity contribution in [3.8, 4) is 5.75 Å². The van der Waals surface area contributed by atoms with Crippen LogP contribution in [0.5, 0.6) is 5.75 Å². The molecule has 2 unspecified atom stereocenters. The zero-order valence-corrected chi connectivity index (χ0v) is 11.6. The number of aromatic hydroxyl groups is 1. The van der Waals surface area contributed by atoms with E-state index < -0.39 is 0 Å². The van der Waals surface area contributed by atoms with Crippen LogP contribution in [-0.4, -0.2) is 33.1 Å². The molecule has 2 aromatic rings. The summed E-state index contributed by atoms with van der Waals surface area (Å²) in [7, 11) is 0. The molecule has 3 rings (SSSR count). The Bertz CT molecular complexity index is 578. The van der Waals surface area contributed by atoms with Crippen LogP contribution >= 0.6 is 0 Å². The smallest absolute Gasteiger partial charge is 0.124 e. The van der Waals surface area contributed by atoms with Crippen molar-refractivity contribution in [3.05, 3.63) is 24.0 Å². The third-order valence-electron chi connectivity index (χ3n) is 4.12. The average molecular weight is 259 g/mol. The molecule has 1 saturated heterocycles. The van der Waals surface area contributed by atoms with E-state index in [1.54, 1.807) is 12.1 Å². The van der Waals surface area contributed by atoms with Gasteiger partial charge in [0, 0.05) is 12.6 Å². The van der Waals surface area contributed by atoms with E-state index in [9.17, 15) is 5.11 Å². The molecule has 2 heterocycles. The van der Waals surface area contributed by atoms with E-state index in [2.05, 4.69) is 28.7 Å². The van der Waals surface area contributed by atoms with Gasteiger partial charge >= 0.3 is 0 Å². The van der Waals surface area contributed by atoms with Crippen molar-refractivity contribution < 1.29 is 5.11 Å². The molecule has 4 heteroatoms. The van der Waals surface area contributed by atoms with Crippen molar-refractivity contribution in [1.82, 2.24) is 14.9 Å². The van der Waals surface area contributed by atoms with Crippen LogP contribution in [0.2, 0.25) is 0 Å². The fraction of sp³-hybridized carbons (Fsp3) is 0.533. The number of nitrogens with one attached hydrogen (secondary N) is 1. The summed E-state index contributed by atoms with van der Waals surface area (Å²) >= 11 is 0. The molecule has 2 atom stereocenters. The largest absolute Gasteiger partial charge is 0.508 e. The summed E-state index contributed by atoms with van der Waals surface area (Å²) in [6.45, 7) is 6.81. The van der Waals surface area contributed by atoms with Gasteiger partial charge in [0.15, 0.2) is 0 Å². The van der Waals surface area contributed by atoms with Gasteiger partial charge in [-0.25, -0.2) is 4.98 Å². The van der Waals surface area contributed by atoms with Crippen LogP contribution in [0.3, 0.4) is 0 Å². The summed E-state index contributed by atoms with van der Waals surface area (Å²) in [4.78, 5) is 10.5. The number of benzene rings is 1. The number of nitrogens with zero attached hydrogens (tertiary/aromatic N) is 2. The van der Waals surface area contributed by atoms with E-state index >= 15 is 0 Å². The minimum atomic E-state index is 0.280. The van der Waals surface area contributed by atoms with Gasteiger partial charge in [0.25, 0.3) is 0 Å². The maximum atomic E-state index is 9.50. The Kier molecular flexibility index (Phi) is 3.19. The van der Waals surface area contributed by atoms with Crippen molar-refractivity contribution >= 4 is 11.0 Å². The Morgan fingerprint density at radius 1 is 1.47 bits per heavy atom. The minimum absolute atomic E-state index is 0.280. The molecule has 1 fully saturated rings. The molecule has 0 aliphatic carbocycles. The Labute approximate surface area is 113 Å². The molecule has 1 aromatic carbocycles. The number of phenols is 1. The number of hydrogen-bond acceptors (Lipinski definition) is 3. The van der Waals surface area contributed by atoms with E-state index in [0.29, 0.717) is 6.04 Å². The van der Waals surface area contributed by atoms with Gasteiger partial charge < -0.3 is 10.1 Å². The van der Waals surface area contributed by atoms with E-state index in [1.165, 1.54) is 12.8 Å². The van der Waals surface area contributed by atoms with Gasteiger partial charge in [0.2, 0.25) is 0 Å². The summed E-state index contributed by atoms with van der Waals surface area (Å²) in [5, 5.41) is 9.50. The first-order valence-electron chi connectivity index (χ1n) is 7.06. The van der Waals surface area contributed by atoms with E-state index in [-0.39, 0.29) is 5.75 Å². The predicted molar refractivity (Wildman–Crippen MR) is 76.1 cm³/mol. The predicted octanol–water partition coefficient (Wildman–Crippen LogP) is 3.06. The van der Waals surface area contributed by atoms with Crippen molar-refractivity contribution in [2.45, 2.75) is 32.7 Å². The fourth-order valence-corrected chi connectivity index (χ4v) is 2.97. The Hall–Kier alpha value is -1.55. The molecule has 1 aliphatic heterocycles. The molecule has 1 aliphatic rings. The first-order chi connectivity index (χ1) is 9.13. The highest BCUT2D eigenvalue weighted by molar-refractivity contribution is 5.76. The number of aromatic nitrogens is 2. The minimum Gasteiger partial charge on any atom is -0.508 e. The molecule has 0 spiro atoms. The topological polar surface area (TPSA) is 52.1 Å². The van der Waals surface area contributed by atoms with Gasteiger partial charge in [0.05, 0.1) is 17.1 Å². The van der Waals surface area contributed by atoms with Crippen molar-refractivity contribution in [2.75, 3.05) is 13.1 Å². The Morgan fingerprint density at radius 2 is 2.32 bits per heavy atom. The number of hydrogen-bond donors (Lipinski definition) is 2. The van der Waals surface area contributed by atoms with E-state index in [0.717, 1.165) is 35.9 Å². The summed E-state index contributed by atoms with van der Waals surface area (Å²) in [5.41, 5.74) is 1.83.